The normalized spacial score (nSPS) is 21.2. The average molecular weight is 283 g/mol. The van der Waals surface area contributed by atoms with Gasteiger partial charge in [0.1, 0.15) is 6.79 Å². The summed E-state index contributed by atoms with van der Waals surface area (Å²) in [5.41, 5.74) is 1.94. The molecule has 0 aromatic heterocycles. The monoisotopic (exact) mass is 283 g/mol. The minimum Gasteiger partial charge on any atom is -0.359 e. The smallest absolute Gasteiger partial charge is 0.259 e. The fraction of sp³-hybridized carbons (Fsp3) is 0.235. The van der Waals surface area contributed by atoms with E-state index in [0.717, 1.165) is 11.3 Å². The lowest BCUT2D eigenvalue weighted by molar-refractivity contribution is -0.154. The van der Waals surface area contributed by atoms with E-state index in [1.165, 1.54) is 0 Å². The number of hydrogen-bond donors (Lipinski definition) is 0. The lowest BCUT2D eigenvalue weighted by atomic mass is 9.90. The number of methoxy groups -OCH3 is 1. The maximum Gasteiger partial charge on any atom is 0.259 e. The number of amides is 1. The number of β-lactam (4-membered cyclic amide) rings is 1. The summed E-state index contributed by atoms with van der Waals surface area (Å²) < 4.78 is 10.5. The Morgan fingerprint density at radius 3 is 2.24 bits per heavy atom. The molecule has 2 atom stereocenters. The number of ether oxygens (including phenoxy) is 2. The van der Waals surface area contributed by atoms with Crippen LogP contribution in [0.3, 0.4) is 0 Å². The molecule has 1 aliphatic heterocycles. The van der Waals surface area contributed by atoms with E-state index in [9.17, 15) is 4.79 Å². The van der Waals surface area contributed by atoms with E-state index in [-0.39, 0.29) is 18.7 Å². The van der Waals surface area contributed by atoms with Gasteiger partial charge in [-0.25, -0.2) is 0 Å². The molecule has 21 heavy (non-hydrogen) atoms. The fourth-order valence-electron chi connectivity index (χ4n) is 2.62. The summed E-state index contributed by atoms with van der Waals surface area (Å²) in [5.74, 6) is -0.0351. The van der Waals surface area contributed by atoms with Crippen LogP contribution in [0.25, 0.3) is 0 Å². The van der Waals surface area contributed by atoms with Gasteiger partial charge in [0.05, 0.1) is 6.04 Å². The molecular formula is C17H17NO3. The highest BCUT2D eigenvalue weighted by Crippen LogP contribution is 2.40. The van der Waals surface area contributed by atoms with Crippen molar-refractivity contribution in [2.45, 2.75) is 12.1 Å². The van der Waals surface area contributed by atoms with Gasteiger partial charge >= 0.3 is 0 Å². The minimum atomic E-state index is -0.493. The zero-order valence-electron chi connectivity index (χ0n) is 11.8. The number of rotatable bonds is 5. The lowest BCUT2D eigenvalue weighted by Gasteiger charge is -2.46. The molecule has 0 N–H and O–H groups in total. The van der Waals surface area contributed by atoms with Gasteiger partial charge in [-0.1, -0.05) is 48.5 Å². The summed E-state index contributed by atoms with van der Waals surface area (Å²) in [7, 11) is 1.55. The summed E-state index contributed by atoms with van der Waals surface area (Å²) in [6.07, 6.45) is -0.493. The van der Waals surface area contributed by atoms with Gasteiger partial charge in [-0.05, 0) is 17.7 Å². The zero-order valence-corrected chi connectivity index (χ0v) is 11.8. The molecule has 1 saturated heterocycles. The molecule has 1 aliphatic rings. The second kappa shape index (κ2) is 6.08. The number of carbonyl (C=O) groups excluding carboxylic acids is 1. The van der Waals surface area contributed by atoms with Crippen LogP contribution in [0.15, 0.2) is 60.7 Å². The number of benzene rings is 2. The molecule has 1 amide bonds. The number of para-hydroxylation sites is 1. The molecule has 1 heterocycles. The molecule has 3 rings (SSSR count). The topological polar surface area (TPSA) is 38.8 Å². The Hall–Kier alpha value is -2.17. The molecule has 1 fully saturated rings. The third-order valence-electron chi connectivity index (χ3n) is 3.59. The molecule has 0 radical (unpaired) electrons. The maximum absolute atomic E-state index is 12.4. The first kappa shape index (κ1) is 13.8. The Kier molecular flexibility index (Phi) is 3.99. The molecular weight excluding hydrogens is 266 g/mol. The lowest BCUT2D eigenvalue weighted by Crippen LogP contribution is -2.60. The van der Waals surface area contributed by atoms with Crippen molar-refractivity contribution in [2.24, 2.45) is 0 Å². The Bertz CT molecular complexity index is 600. The first-order valence-electron chi connectivity index (χ1n) is 6.86. The zero-order chi connectivity index (χ0) is 14.7. The molecule has 0 saturated carbocycles. The maximum atomic E-state index is 12.4. The summed E-state index contributed by atoms with van der Waals surface area (Å²) in [4.78, 5) is 14.2. The number of anilines is 1. The van der Waals surface area contributed by atoms with E-state index in [4.69, 9.17) is 9.47 Å². The molecule has 4 nitrogen and oxygen atoms in total. The first-order chi connectivity index (χ1) is 10.3. The van der Waals surface area contributed by atoms with Crippen LogP contribution >= 0.6 is 0 Å². The SMILES string of the molecule is COCO[C@@H]1C(=O)N(c2ccccc2)[C@@H]1c1ccccc1. The van der Waals surface area contributed by atoms with Gasteiger partial charge in [0.25, 0.3) is 5.91 Å². The molecule has 2 aromatic rings. The third kappa shape index (κ3) is 2.55. The van der Waals surface area contributed by atoms with Crippen molar-refractivity contribution < 1.29 is 14.3 Å². The van der Waals surface area contributed by atoms with Crippen LogP contribution in [0.4, 0.5) is 5.69 Å². The molecule has 0 bridgehead atoms. The largest absolute Gasteiger partial charge is 0.359 e. The van der Waals surface area contributed by atoms with Gasteiger partial charge in [0.2, 0.25) is 0 Å². The molecule has 4 heteroatoms. The fourth-order valence-corrected chi connectivity index (χ4v) is 2.62. The van der Waals surface area contributed by atoms with Crippen molar-refractivity contribution in [2.75, 3.05) is 18.8 Å². The Labute approximate surface area is 123 Å². The number of carbonyl (C=O) groups is 1. The summed E-state index contributed by atoms with van der Waals surface area (Å²) in [6, 6.07) is 19.4. The molecule has 0 aliphatic carbocycles. The summed E-state index contributed by atoms with van der Waals surface area (Å²) in [5, 5.41) is 0. The van der Waals surface area contributed by atoms with Crippen LogP contribution in [0, 0.1) is 0 Å². The quantitative estimate of drug-likeness (QED) is 0.625. The highest BCUT2D eigenvalue weighted by Gasteiger charge is 2.49. The Balaban J connectivity index is 1.91. The van der Waals surface area contributed by atoms with Gasteiger partial charge in [-0.15, -0.1) is 0 Å². The molecule has 0 spiro atoms. The summed E-state index contributed by atoms with van der Waals surface area (Å²) >= 11 is 0. The van der Waals surface area contributed by atoms with E-state index in [1.54, 1.807) is 12.0 Å². The van der Waals surface area contributed by atoms with Crippen LogP contribution in [0.5, 0.6) is 0 Å². The second-order valence-electron chi connectivity index (χ2n) is 4.89. The predicted octanol–water partition coefficient (Wildman–Crippen LogP) is 2.76. The van der Waals surface area contributed by atoms with Gasteiger partial charge in [0, 0.05) is 12.8 Å². The van der Waals surface area contributed by atoms with Crippen molar-refractivity contribution in [3.63, 3.8) is 0 Å². The number of nitrogens with zero attached hydrogens (tertiary/aromatic N) is 1. The van der Waals surface area contributed by atoms with E-state index >= 15 is 0 Å². The van der Waals surface area contributed by atoms with Crippen molar-refractivity contribution in [3.05, 3.63) is 66.2 Å². The molecule has 2 aromatic carbocycles. The predicted molar refractivity (Wildman–Crippen MR) is 79.9 cm³/mol. The highest BCUT2D eigenvalue weighted by molar-refractivity contribution is 6.05. The third-order valence-corrected chi connectivity index (χ3v) is 3.59. The van der Waals surface area contributed by atoms with Gasteiger partial charge in [0.15, 0.2) is 6.10 Å². The van der Waals surface area contributed by atoms with E-state index in [1.807, 2.05) is 60.7 Å². The van der Waals surface area contributed by atoms with Crippen LogP contribution in [-0.4, -0.2) is 25.9 Å². The molecule has 0 unspecified atom stereocenters. The van der Waals surface area contributed by atoms with Crippen molar-refractivity contribution in [3.8, 4) is 0 Å². The van der Waals surface area contributed by atoms with Crippen LogP contribution in [0.1, 0.15) is 11.6 Å². The second-order valence-corrected chi connectivity index (χ2v) is 4.89. The average Bonchev–Trinajstić information content (AvgIpc) is 2.54. The Morgan fingerprint density at radius 2 is 1.62 bits per heavy atom. The van der Waals surface area contributed by atoms with E-state index < -0.39 is 6.10 Å². The van der Waals surface area contributed by atoms with E-state index in [2.05, 4.69) is 0 Å². The molecule has 108 valence electrons. The minimum absolute atomic E-state index is 0.0351. The van der Waals surface area contributed by atoms with Gasteiger partial charge < -0.3 is 9.47 Å². The first-order valence-corrected chi connectivity index (χ1v) is 6.86. The summed E-state index contributed by atoms with van der Waals surface area (Å²) in [6.45, 7) is 0.113. The van der Waals surface area contributed by atoms with Crippen LogP contribution in [0.2, 0.25) is 0 Å². The standard InChI is InChI=1S/C17H17NO3/c1-20-12-21-16-15(13-8-4-2-5-9-13)18(17(16)19)14-10-6-3-7-11-14/h2-11,15-16H,12H2,1H3/t15-,16+/m1/s1. The van der Waals surface area contributed by atoms with Crippen LogP contribution in [-0.2, 0) is 14.3 Å². The number of hydrogen-bond acceptors (Lipinski definition) is 3. The van der Waals surface area contributed by atoms with E-state index in [0.29, 0.717) is 0 Å². The van der Waals surface area contributed by atoms with Crippen LogP contribution < -0.4 is 4.90 Å². The van der Waals surface area contributed by atoms with Crippen molar-refractivity contribution in [1.29, 1.82) is 0 Å². The van der Waals surface area contributed by atoms with Crippen molar-refractivity contribution >= 4 is 11.6 Å². The Morgan fingerprint density at radius 1 is 1.00 bits per heavy atom. The van der Waals surface area contributed by atoms with Gasteiger partial charge in [-0.3, -0.25) is 9.69 Å². The van der Waals surface area contributed by atoms with Gasteiger partial charge in [-0.2, -0.15) is 0 Å². The van der Waals surface area contributed by atoms with Crippen molar-refractivity contribution in [1.82, 2.24) is 0 Å². The highest BCUT2D eigenvalue weighted by atomic mass is 16.7.